The topological polar surface area (TPSA) is 46.8 Å². The summed E-state index contributed by atoms with van der Waals surface area (Å²) in [7, 11) is 3.13. The van der Waals surface area contributed by atoms with Crippen LogP contribution in [0.15, 0.2) is 30.6 Å². The van der Waals surface area contributed by atoms with Crippen LogP contribution in [0, 0.1) is 5.82 Å². The second kappa shape index (κ2) is 5.73. The maximum Gasteiger partial charge on any atom is 0.451 e. The third-order valence-corrected chi connectivity index (χ3v) is 3.42. The van der Waals surface area contributed by atoms with E-state index in [4.69, 9.17) is 0 Å². The monoisotopic (exact) mass is 339 g/mol. The van der Waals surface area contributed by atoms with E-state index in [9.17, 15) is 17.6 Å². The molecular weight excluding hydrogens is 326 g/mol. The normalized spacial score (nSPS) is 11.9. The third-order valence-electron chi connectivity index (χ3n) is 3.42. The van der Waals surface area contributed by atoms with Gasteiger partial charge in [-0.05, 0) is 6.07 Å². The molecule has 0 aliphatic carbocycles. The van der Waals surface area contributed by atoms with Gasteiger partial charge in [-0.2, -0.15) is 13.2 Å². The molecule has 0 saturated carbocycles. The predicted molar refractivity (Wildman–Crippen MR) is 80.2 cm³/mol. The van der Waals surface area contributed by atoms with Crippen molar-refractivity contribution in [1.29, 1.82) is 0 Å². The zero-order valence-electron chi connectivity index (χ0n) is 12.8. The number of anilines is 1. The Morgan fingerprint density at radius 3 is 2.46 bits per heavy atom. The van der Waals surface area contributed by atoms with Crippen molar-refractivity contribution in [2.24, 2.45) is 0 Å². The summed E-state index contributed by atoms with van der Waals surface area (Å²) in [5.74, 6) is -1.65. The lowest BCUT2D eigenvalue weighted by atomic mass is 10.2. The van der Waals surface area contributed by atoms with E-state index in [0.717, 1.165) is 0 Å². The number of hydrogen-bond donors (Lipinski definition) is 0. The minimum absolute atomic E-state index is 0.00396. The van der Waals surface area contributed by atoms with Gasteiger partial charge < -0.3 is 9.47 Å². The SMILES string of the molecule is CN(C)c1nc(C(F)(F)F)nc2c1ncn2Cc1ccccc1F. The van der Waals surface area contributed by atoms with E-state index in [0.29, 0.717) is 5.56 Å². The highest BCUT2D eigenvalue weighted by Gasteiger charge is 2.36. The van der Waals surface area contributed by atoms with Gasteiger partial charge in [0.25, 0.3) is 0 Å². The molecule has 0 radical (unpaired) electrons. The fraction of sp³-hybridized carbons (Fsp3) is 0.267. The standard InChI is InChI=1S/C15H13F4N5/c1-23(2)12-11-13(22-14(21-12)15(17,18)19)24(8-20-11)7-9-5-3-4-6-10(9)16/h3-6,8H,7H2,1-2H3. The Morgan fingerprint density at radius 1 is 1.12 bits per heavy atom. The van der Waals surface area contributed by atoms with Crippen LogP contribution < -0.4 is 4.90 Å². The van der Waals surface area contributed by atoms with E-state index < -0.39 is 17.8 Å². The molecule has 0 bridgehead atoms. The van der Waals surface area contributed by atoms with Gasteiger partial charge in [-0.25, -0.2) is 19.3 Å². The first-order valence-corrected chi connectivity index (χ1v) is 6.98. The summed E-state index contributed by atoms with van der Waals surface area (Å²) in [6, 6.07) is 6.04. The van der Waals surface area contributed by atoms with E-state index in [1.165, 1.54) is 21.9 Å². The van der Waals surface area contributed by atoms with Crippen molar-refractivity contribution in [3.05, 3.63) is 47.8 Å². The zero-order valence-corrected chi connectivity index (χ0v) is 12.8. The Balaban J connectivity index is 2.17. The number of fused-ring (bicyclic) bond motifs is 1. The van der Waals surface area contributed by atoms with Crippen LogP contribution in [0.5, 0.6) is 0 Å². The Hall–Kier alpha value is -2.71. The molecule has 1 aromatic carbocycles. The Morgan fingerprint density at radius 2 is 1.83 bits per heavy atom. The molecule has 0 fully saturated rings. The Bertz CT molecular complexity index is 885. The number of rotatable bonds is 3. The summed E-state index contributed by atoms with van der Waals surface area (Å²) in [5.41, 5.74) is 0.559. The minimum Gasteiger partial charge on any atom is -0.361 e. The van der Waals surface area contributed by atoms with Crippen LogP contribution in [0.25, 0.3) is 11.2 Å². The fourth-order valence-corrected chi connectivity index (χ4v) is 2.29. The highest BCUT2D eigenvalue weighted by atomic mass is 19.4. The largest absolute Gasteiger partial charge is 0.451 e. The summed E-state index contributed by atoms with van der Waals surface area (Å²) in [6.45, 7) is 0.0182. The van der Waals surface area contributed by atoms with Crippen molar-refractivity contribution in [3.63, 3.8) is 0 Å². The maximum absolute atomic E-state index is 13.8. The summed E-state index contributed by atoms with van der Waals surface area (Å²) in [5, 5.41) is 0. The molecule has 3 rings (SSSR count). The smallest absolute Gasteiger partial charge is 0.361 e. The molecular formula is C15H13F4N5. The average Bonchev–Trinajstić information content (AvgIpc) is 2.90. The molecule has 126 valence electrons. The molecule has 24 heavy (non-hydrogen) atoms. The van der Waals surface area contributed by atoms with Crippen LogP contribution in [0.3, 0.4) is 0 Å². The third kappa shape index (κ3) is 2.89. The number of aromatic nitrogens is 4. The van der Waals surface area contributed by atoms with Crippen molar-refractivity contribution in [2.75, 3.05) is 19.0 Å². The number of hydrogen-bond acceptors (Lipinski definition) is 4. The van der Waals surface area contributed by atoms with Crippen molar-refractivity contribution in [3.8, 4) is 0 Å². The Labute approximate surface area is 134 Å². The molecule has 5 nitrogen and oxygen atoms in total. The highest BCUT2D eigenvalue weighted by Crippen LogP contribution is 2.30. The molecule has 2 aromatic heterocycles. The van der Waals surface area contributed by atoms with Crippen molar-refractivity contribution in [2.45, 2.75) is 12.7 Å². The zero-order chi connectivity index (χ0) is 17.5. The highest BCUT2D eigenvalue weighted by molar-refractivity contribution is 5.83. The van der Waals surface area contributed by atoms with Gasteiger partial charge in [0.15, 0.2) is 17.0 Å². The van der Waals surface area contributed by atoms with Gasteiger partial charge in [-0.1, -0.05) is 18.2 Å². The van der Waals surface area contributed by atoms with Gasteiger partial charge in [-0.15, -0.1) is 0 Å². The number of benzene rings is 1. The molecule has 0 amide bonds. The van der Waals surface area contributed by atoms with Gasteiger partial charge in [0, 0.05) is 19.7 Å². The number of halogens is 4. The van der Waals surface area contributed by atoms with E-state index in [1.54, 1.807) is 32.3 Å². The van der Waals surface area contributed by atoms with Crippen LogP contribution in [-0.4, -0.2) is 33.6 Å². The van der Waals surface area contributed by atoms with E-state index in [-0.39, 0.29) is 23.5 Å². The minimum atomic E-state index is -4.69. The average molecular weight is 339 g/mol. The lowest BCUT2D eigenvalue weighted by molar-refractivity contribution is -0.144. The fourth-order valence-electron chi connectivity index (χ4n) is 2.29. The molecule has 2 heterocycles. The van der Waals surface area contributed by atoms with Gasteiger partial charge in [0.2, 0.25) is 5.82 Å². The first-order chi connectivity index (χ1) is 11.3. The van der Waals surface area contributed by atoms with Crippen LogP contribution in [0.4, 0.5) is 23.4 Å². The molecule has 0 spiro atoms. The van der Waals surface area contributed by atoms with Crippen LogP contribution in [0.2, 0.25) is 0 Å². The molecule has 0 N–H and O–H groups in total. The number of nitrogens with zero attached hydrogens (tertiary/aromatic N) is 5. The quantitative estimate of drug-likeness (QED) is 0.688. The number of alkyl halides is 3. The van der Waals surface area contributed by atoms with E-state index in [1.807, 2.05) is 0 Å². The molecule has 0 saturated heterocycles. The van der Waals surface area contributed by atoms with E-state index >= 15 is 0 Å². The van der Waals surface area contributed by atoms with Crippen LogP contribution in [-0.2, 0) is 12.7 Å². The van der Waals surface area contributed by atoms with E-state index in [2.05, 4.69) is 15.0 Å². The van der Waals surface area contributed by atoms with Gasteiger partial charge in [-0.3, -0.25) is 0 Å². The van der Waals surface area contributed by atoms with Crippen LogP contribution >= 0.6 is 0 Å². The van der Waals surface area contributed by atoms with Crippen molar-refractivity contribution < 1.29 is 17.6 Å². The summed E-state index contributed by atoms with van der Waals surface area (Å²) in [6.07, 6.45) is -3.36. The first kappa shape index (κ1) is 16.2. The predicted octanol–water partition coefficient (Wildman–Crippen LogP) is 3.10. The molecule has 9 heteroatoms. The van der Waals surface area contributed by atoms with Crippen molar-refractivity contribution >= 4 is 17.0 Å². The Kier molecular flexibility index (Phi) is 3.86. The molecule has 0 unspecified atom stereocenters. The van der Waals surface area contributed by atoms with Gasteiger partial charge >= 0.3 is 6.18 Å². The molecule has 3 aromatic rings. The summed E-state index contributed by atoms with van der Waals surface area (Å²) < 4.78 is 54.3. The second-order valence-corrected chi connectivity index (χ2v) is 5.40. The second-order valence-electron chi connectivity index (χ2n) is 5.40. The van der Waals surface area contributed by atoms with Crippen molar-refractivity contribution in [1.82, 2.24) is 19.5 Å². The van der Waals surface area contributed by atoms with Gasteiger partial charge in [0.05, 0.1) is 12.9 Å². The summed E-state index contributed by atoms with van der Waals surface area (Å²) >= 11 is 0. The van der Waals surface area contributed by atoms with Gasteiger partial charge in [0.1, 0.15) is 5.82 Å². The lowest BCUT2D eigenvalue weighted by Crippen LogP contribution is -2.18. The molecule has 0 aliphatic heterocycles. The first-order valence-electron chi connectivity index (χ1n) is 6.98. The maximum atomic E-state index is 13.8. The number of imidazole rings is 1. The molecule has 0 atom stereocenters. The molecule has 0 aliphatic rings. The van der Waals surface area contributed by atoms with Crippen LogP contribution in [0.1, 0.15) is 11.4 Å². The lowest BCUT2D eigenvalue weighted by Gasteiger charge is -2.14. The summed E-state index contributed by atoms with van der Waals surface area (Å²) in [4.78, 5) is 12.7.